The standard InChI is InChI=1S/C14H17N3O3S3/c1-11-15-8-12(22-11)10-21-14-3-2-13(9-16-14)23(18,19)17-4-6-20-7-5-17/h2-3,8-9H,4-7,10H2,1H3. The minimum Gasteiger partial charge on any atom is -0.379 e. The normalized spacial score (nSPS) is 16.6. The Hall–Kier alpha value is -1.00. The predicted molar refractivity (Wildman–Crippen MR) is 90.2 cm³/mol. The first kappa shape index (κ1) is 16.8. The summed E-state index contributed by atoms with van der Waals surface area (Å²) < 4.78 is 31.6. The third kappa shape index (κ3) is 4.10. The first-order chi connectivity index (χ1) is 11.1. The first-order valence-corrected chi connectivity index (χ1v) is 10.4. The first-order valence-electron chi connectivity index (χ1n) is 7.14. The number of ether oxygens (including phenoxy) is 1. The lowest BCUT2D eigenvalue weighted by molar-refractivity contribution is 0.0730. The van der Waals surface area contributed by atoms with Gasteiger partial charge in [0.1, 0.15) is 4.90 Å². The van der Waals surface area contributed by atoms with E-state index < -0.39 is 10.0 Å². The number of sulfonamides is 1. The van der Waals surface area contributed by atoms with Crippen LogP contribution in [0.1, 0.15) is 9.88 Å². The van der Waals surface area contributed by atoms with Gasteiger partial charge in [-0.25, -0.2) is 18.4 Å². The number of hydrogen-bond acceptors (Lipinski definition) is 7. The van der Waals surface area contributed by atoms with Gasteiger partial charge in [0.15, 0.2) is 0 Å². The summed E-state index contributed by atoms with van der Waals surface area (Å²) in [7, 11) is -3.47. The number of pyridine rings is 1. The quantitative estimate of drug-likeness (QED) is 0.750. The van der Waals surface area contributed by atoms with Gasteiger partial charge in [0.05, 0.1) is 23.2 Å². The Morgan fingerprint density at radius 2 is 2.04 bits per heavy atom. The van der Waals surface area contributed by atoms with E-state index in [2.05, 4.69) is 9.97 Å². The van der Waals surface area contributed by atoms with Crippen molar-refractivity contribution in [3.8, 4) is 0 Å². The fourth-order valence-corrected chi connectivity index (χ4v) is 5.17. The van der Waals surface area contributed by atoms with Gasteiger partial charge in [-0.15, -0.1) is 23.1 Å². The van der Waals surface area contributed by atoms with Crippen LogP contribution in [0.15, 0.2) is 34.4 Å². The molecule has 124 valence electrons. The average Bonchev–Trinajstić information content (AvgIpc) is 3.00. The molecule has 1 aliphatic heterocycles. The third-order valence-corrected chi connectivity index (χ3v) is 7.32. The molecule has 9 heteroatoms. The van der Waals surface area contributed by atoms with Gasteiger partial charge in [0.25, 0.3) is 0 Å². The summed E-state index contributed by atoms with van der Waals surface area (Å²) >= 11 is 3.23. The molecular weight excluding hydrogens is 354 g/mol. The SMILES string of the molecule is Cc1ncc(CSc2ccc(S(=O)(=O)N3CCOCC3)cn2)s1. The Morgan fingerprint density at radius 3 is 2.65 bits per heavy atom. The second kappa shape index (κ2) is 7.27. The molecule has 2 aromatic heterocycles. The van der Waals surface area contributed by atoms with Gasteiger partial charge in [-0.2, -0.15) is 4.31 Å². The summed E-state index contributed by atoms with van der Waals surface area (Å²) in [6, 6.07) is 3.38. The maximum absolute atomic E-state index is 12.5. The van der Waals surface area contributed by atoms with Crippen LogP contribution in [0.3, 0.4) is 0 Å². The zero-order chi connectivity index (χ0) is 16.3. The lowest BCUT2D eigenvalue weighted by atomic mass is 10.5. The molecule has 1 aliphatic rings. The molecule has 6 nitrogen and oxygen atoms in total. The van der Waals surface area contributed by atoms with E-state index in [1.807, 2.05) is 13.1 Å². The van der Waals surface area contributed by atoms with E-state index in [1.54, 1.807) is 35.2 Å². The molecule has 3 heterocycles. The molecule has 0 spiro atoms. The zero-order valence-corrected chi connectivity index (χ0v) is 15.1. The molecule has 23 heavy (non-hydrogen) atoms. The molecule has 0 amide bonds. The molecule has 1 fully saturated rings. The van der Waals surface area contributed by atoms with Crippen molar-refractivity contribution in [2.45, 2.75) is 22.6 Å². The molecule has 0 saturated carbocycles. The molecule has 0 unspecified atom stereocenters. The van der Waals surface area contributed by atoms with E-state index in [4.69, 9.17) is 4.74 Å². The number of morpholine rings is 1. The number of hydrogen-bond donors (Lipinski definition) is 0. The summed E-state index contributed by atoms with van der Waals surface area (Å²) in [6.07, 6.45) is 3.30. The molecule has 0 aliphatic carbocycles. The molecule has 0 atom stereocenters. The highest BCUT2D eigenvalue weighted by Crippen LogP contribution is 2.25. The van der Waals surface area contributed by atoms with E-state index in [0.717, 1.165) is 15.8 Å². The number of aryl methyl sites for hydroxylation is 1. The highest BCUT2D eigenvalue weighted by Gasteiger charge is 2.26. The van der Waals surface area contributed by atoms with Crippen LogP contribution in [0, 0.1) is 6.92 Å². The second-order valence-electron chi connectivity index (χ2n) is 4.98. The van der Waals surface area contributed by atoms with Crippen LogP contribution in [-0.2, 0) is 20.5 Å². The fraction of sp³-hybridized carbons (Fsp3) is 0.429. The predicted octanol–water partition coefficient (Wildman–Crippen LogP) is 2.16. The Kier molecular flexibility index (Phi) is 5.32. The Morgan fingerprint density at radius 1 is 1.26 bits per heavy atom. The average molecular weight is 372 g/mol. The molecule has 0 radical (unpaired) electrons. The number of rotatable bonds is 5. The number of nitrogens with zero attached hydrogens (tertiary/aromatic N) is 3. The van der Waals surface area contributed by atoms with Gasteiger partial charge in [-0.3, -0.25) is 0 Å². The van der Waals surface area contributed by atoms with Crippen molar-refractivity contribution in [2.75, 3.05) is 26.3 Å². The van der Waals surface area contributed by atoms with Crippen molar-refractivity contribution < 1.29 is 13.2 Å². The van der Waals surface area contributed by atoms with Crippen LogP contribution < -0.4 is 0 Å². The molecular formula is C14H17N3O3S3. The lowest BCUT2D eigenvalue weighted by Gasteiger charge is -2.25. The van der Waals surface area contributed by atoms with Gasteiger partial charge >= 0.3 is 0 Å². The molecule has 1 saturated heterocycles. The Bertz CT molecular complexity index is 753. The number of thiazole rings is 1. The smallest absolute Gasteiger partial charge is 0.244 e. The molecule has 2 aromatic rings. The minimum absolute atomic E-state index is 0.234. The Labute approximate surface area is 144 Å². The van der Waals surface area contributed by atoms with Gasteiger partial charge in [0, 0.05) is 36.1 Å². The van der Waals surface area contributed by atoms with Crippen LogP contribution in [-0.4, -0.2) is 49.0 Å². The van der Waals surface area contributed by atoms with Gasteiger partial charge in [0.2, 0.25) is 10.0 Å². The lowest BCUT2D eigenvalue weighted by Crippen LogP contribution is -2.40. The van der Waals surface area contributed by atoms with Gasteiger partial charge in [-0.05, 0) is 19.1 Å². The summed E-state index contributed by atoms with van der Waals surface area (Å²) in [6.45, 7) is 3.64. The molecule has 3 rings (SSSR count). The summed E-state index contributed by atoms with van der Waals surface area (Å²) in [5.41, 5.74) is 0. The number of aromatic nitrogens is 2. The van der Waals surface area contributed by atoms with Crippen LogP contribution >= 0.6 is 23.1 Å². The molecule has 0 aromatic carbocycles. The fourth-order valence-electron chi connectivity index (χ4n) is 2.16. The summed E-state index contributed by atoms with van der Waals surface area (Å²) in [5, 5.41) is 1.84. The Balaban J connectivity index is 1.66. The van der Waals surface area contributed by atoms with E-state index >= 15 is 0 Å². The monoisotopic (exact) mass is 371 g/mol. The van der Waals surface area contributed by atoms with Crippen LogP contribution in [0.25, 0.3) is 0 Å². The van der Waals surface area contributed by atoms with E-state index in [0.29, 0.717) is 26.3 Å². The minimum atomic E-state index is -3.47. The van der Waals surface area contributed by atoms with Crippen LogP contribution in [0.2, 0.25) is 0 Å². The molecule has 0 N–H and O–H groups in total. The third-order valence-electron chi connectivity index (χ3n) is 3.35. The zero-order valence-electron chi connectivity index (χ0n) is 12.6. The maximum atomic E-state index is 12.5. The maximum Gasteiger partial charge on any atom is 0.244 e. The van der Waals surface area contributed by atoms with Crippen molar-refractivity contribution in [2.24, 2.45) is 0 Å². The van der Waals surface area contributed by atoms with E-state index in [-0.39, 0.29) is 4.90 Å². The summed E-state index contributed by atoms with van der Waals surface area (Å²) in [5.74, 6) is 0.786. The van der Waals surface area contributed by atoms with Gasteiger partial charge in [-0.1, -0.05) is 0 Å². The van der Waals surface area contributed by atoms with Crippen molar-refractivity contribution >= 4 is 33.1 Å². The highest BCUT2D eigenvalue weighted by atomic mass is 32.2. The summed E-state index contributed by atoms with van der Waals surface area (Å²) in [4.78, 5) is 9.90. The largest absolute Gasteiger partial charge is 0.379 e. The highest BCUT2D eigenvalue weighted by molar-refractivity contribution is 7.98. The van der Waals surface area contributed by atoms with E-state index in [1.165, 1.54) is 15.4 Å². The topological polar surface area (TPSA) is 72.4 Å². The van der Waals surface area contributed by atoms with Crippen molar-refractivity contribution in [1.82, 2.24) is 14.3 Å². The van der Waals surface area contributed by atoms with Crippen molar-refractivity contribution in [3.05, 3.63) is 34.4 Å². The van der Waals surface area contributed by atoms with Crippen LogP contribution in [0.4, 0.5) is 0 Å². The molecule has 0 bridgehead atoms. The van der Waals surface area contributed by atoms with Crippen molar-refractivity contribution in [3.63, 3.8) is 0 Å². The number of thioether (sulfide) groups is 1. The van der Waals surface area contributed by atoms with Crippen LogP contribution in [0.5, 0.6) is 0 Å². The second-order valence-corrected chi connectivity index (χ2v) is 9.24. The van der Waals surface area contributed by atoms with Gasteiger partial charge < -0.3 is 4.74 Å². The van der Waals surface area contributed by atoms with Crippen molar-refractivity contribution in [1.29, 1.82) is 0 Å². The van der Waals surface area contributed by atoms with E-state index in [9.17, 15) is 8.42 Å².